The lowest BCUT2D eigenvalue weighted by atomic mass is 9.88. The third-order valence-corrected chi connectivity index (χ3v) is 14.1. The number of fused-ring (bicyclic) bond motifs is 8. The van der Waals surface area contributed by atoms with Crippen molar-refractivity contribution in [1.82, 2.24) is 0 Å². The summed E-state index contributed by atoms with van der Waals surface area (Å²) in [7, 11) is -18.9. The largest absolute Gasteiger partial charge is 0.491 e. The predicted octanol–water partition coefficient (Wildman–Crippen LogP) is 6.74. The van der Waals surface area contributed by atoms with Crippen LogP contribution in [0.4, 0.5) is 0 Å². The van der Waals surface area contributed by atoms with E-state index in [4.69, 9.17) is 37.9 Å². The van der Waals surface area contributed by atoms with Crippen molar-refractivity contribution in [3.05, 3.63) is 115 Å². The summed E-state index contributed by atoms with van der Waals surface area (Å²) in [6, 6.07) is 12.7. The molecule has 8 bridgehead atoms. The minimum atomic E-state index is -4.73. The van der Waals surface area contributed by atoms with Crippen molar-refractivity contribution >= 4 is 30.4 Å². The zero-order valence-electron chi connectivity index (χ0n) is 41.0. The normalized spacial score (nSPS) is 13.3. The van der Waals surface area contributed by atoms with E-state index in [0.717, 1.165) is 0 Å². The van der Waals surface area contributed by atoms with Crippen molar-refractivity contribution in [1.29, 1.82) is 0 Å². The highest BCUT2D eigenvalue weighted by atomic mass is 31.2. The van der Waals surface area contributed by atoms with Gasteiger partial charge in [0.25, 0.3) is 0 Å². The molecule has 1 aliphatic rings. The van der Waals surface area contributed by atoms with Crippen LogP contribution in [0.5, 0.6) is 23.0 Å². The van der Waals surface area contributed by atoms with Crippen LogP contribution in [0.1, 0.15) is 94.5 Å². The van der Waals surface area contributed by atoms with Crippen LogP contribution in [-0.2, 0) is 87.5 Å². The van der Waals surface area contributed by atoms with Gasteiger partial charge in [-0.3, -0.25) is 18.3 Å². The van der Waals surface area contributed by atoms with Crippen LogP contribution in [0.3, 0.4) is 0 Å². The van der Waals surface area contributed by atoms with Crippen LogP contribution in [-0.4, -0.2) is 118 Å². The first-order valence-corrected chi connectivity index (χ1v) is 30.8. The lowest BCUT2D eigenvalue weighted by Gasteiger charge is -2.25. The Kier molecular flexibility index (Phi) is 22.6. The summed E-state index contributed by atoms with van der Waals surface area (Å²) in [5.41, 5.74) is 3.99. The second-order valence-corrected chi connectivity index (χ2v) is 23.7. The molecule has 72 heavy (non-hydrogen) atoms. The molecule has 4 aromatic rings. The average molecular weight is 1090 g/mol. The second kappa shape index (κ2) is 27.3. The molecule has 20 nitrogen and oxygen atoms in total. The molecule has 0 amide bonds. The highest BCUT2D eigenvalue weighted by Gasteiger charge is 2.28. The van der Waals surface area contributed by atoms with Crippen molar-refractivity contribution < 1.29 is 95.3 Å². The van der Waals surface area contributed by atoms with Gasteiger partial charge in [0.05, 0.1) is 51.1 Å². The van der Waals surface area contributed by atoms with Gasteiger partial charge in [0.2, 0.25) is 0 Å². The number of benzene rings is 4. The summed E-state index contributed by atoms with van der Waals surface area (Å²) in [4.78, 5) is 83.0. The van der Waals surface area contributed by atoms with Crippen LogP contribution >= 0.6 is 30.4 Å². The molecule has 0 fully saturated rings. The third-order valence-electron chi connectivity index (χ3n) is 11.0. The first-order chi connectivity index (χ1) is 34.0. The standard InChI is InChI=1S/C48H68O20P4/c1-5-61-9-13-65-45-37-17-33(29-69(49,50)51)18-38(45)26-40-20-35(31-71(55,56)57)22-42(47(40)67-15-11-63-7-3)28-44-24-36(32-72(58,59)60)23-43(48(44)68-16-12-64-8-4)27-41-21-34(30-70(52,53)54)19-39(25-37)46(41)66-14-10-62-6-2/h17-24H,5-16,25-32H2,1-4H3,(H2,49,50,51)(H2,52,53,54)(H2,55,56,57)(H2,58,59,60). The van der Waals surface area contributed by atoms with Gasteiger partial charge in [0.15, 0.2) is 0 Å². The molecule has 0 saturated heterocycles. The van der Waals surface area contributed by atoms with Crippen molar-refractivity contribution in [2.75, 3.05) is 79.3 Å². The van der Waals surface area contributed by atoms with E-state index in [0.29, 0.717) is 70.9 Å². The maximum atomic E-state index is 12.8. The molecule has 24 heteroatoms. The quantitative estimate of drug-likeness (QED) is 0.0190. The van der Waals surface area contributed by atoms with E-state index in [9.17, 15) is 57.4 Å². The second-order valence-electron chi connectivity index (χ2n) is 17.2. The van der Waals surface area contributed by atoms with Crippen LogP contribution in [0.2, 0.25) is 0 Å². The SMILES string of the molecule is CCOCCOc1c2cc(CP(=O)(O)O)cc1Cc1cc(CP(=O)(O)O)cc(c1OCCOCC)Cc1cc(CP(=O)(O)O)cc(c1OCCOCC)Cc1cc(CP(=O)(O)O)cc(c1OCCOCC)C2. The van der Waals surface area contributed by atoms with E-state index in [1.165, 1.54) is 0 Å². The first kappa shape index (κ1) is 59.4. The minimum Gasteiger partial charge on any atom is -0.491 e. The van der Waals surface area contributed by atoms with Crippen LogP contribution in [0.25, 0.3) is 0 Å². The van der Waals surface area contributed by atoms with E-state index in [-0.39, 0.29) is 124 Å². The molecular weight excluding hydrogens is 1020 g/mol. The molecule has 8 N–H and O–H groups in total. The maximum Gasteiger partial charge on any atom is 0.329 e. The highest BCUT2D eigenvalue weighted by molar-refractivity contribution is 7.51. The maximum absolute atomic E-state index is 12.8. The van der Waals surface area contributed by atoms with Gasteiger partial charge in [-0.2, -0.15) is 0 Å². The Morgan fingerprint density at radius 3 is 0.625 bits per heavy atom. The number of hydrogen-bond acceptors (Lipinski definition) is 12. The van der Waals surface area contributed by atoms with E-state index < -0.39 is 55.0 Å². The first-order valence-electron chi connectivity index (χ1n) is 23.6. The van der Waals surface area contributed by atoms with Crippen molar-refractivity contribution in [2.45, 2.75) is 78.0 Å². The Bertz CT molecular complexity index is 2180. The highest BCUT2D eigenvalue weighted by Crippen LogP contribution is 2.48. The topological polar surface area (TPSA) is 304 Å². The molecule has 5 rings (SSSR count). The molecule has 0 heterocycles. The fourth-order valence-electron chi connectivity index (χ4n) is 8.62. The molecule has 0 atom stereocenters. The van der Waals surface area contributed by atoms with Crippen molar-refractivity contribution in [3.8, 4) is 23.0 Å². The van der Waals surface area contributed by atoms with Crippen molar-refractivity contribution in [3.63, 3.8) is 0 Å². The van der Waals surface area contributed by atoms with Gasteiger partial charge in [0.1, 0.15) is 49.4 Å². The minimum absolute atomic E-state index is 0.0196. The van der Waals surface area contributed by atoms with E-state index in [1.54, 1.807) is 48.5 Å². The van der Waals surface area contributed by atoms with Crippen molar-refractivity contribution in [2.24, 2.45) is 0 Å². The van der Waals surface area contributed by atoms with Crippen LogP contribution in [0.15, 0.2) is 48.5 Å². The zero-order chi connectivity index (χ0) is 52.7. The zero-order valence-corrected chi connectivity index (χ0v) is 44.6. The smallest absolute Gasteiger partial charge is 0.329 e. The van der Waals surface area contributed by atoms with E-state index in [1.807, 2.05) is 27.7 Å². The summed E-state index contributed by atoms with van der Waals surface area (Å²) in [6.45, 7) is 9.46. The Balaban J connectivity index is 1.99. The average Bonchev–Trinajstić information content (AvgIpc) is 3.24. The molecule has 4 aromatic carbocycles. The van der Waals surface area contributed by atoms with E-state index >= 15 is 0 Å². The summed E-state index contributed by atoms with van der Waals surface area (Å²) in [5, 5.41) is 0. The summed E-state index contributed by atoms with van der Waals surface area (Å²) in [5.74, 6) is 1.10. The lowest BCUT2D eigenvalue weighted by molar-refractivity contribution is 0.108. The van der Waals surface area contributed by atoms with Gasteiger partial charge in [-0.05, 0) is 94.5 Å². The van der Waals surface area contributed by atoms with E-state index in [2.05, 4.69) is 0 Å². The molecule has 0 unspecified atom stereocenters. The molecule has 0 radical (unpaired) electrons. The van der Waals surface area contributed by atoms with Gasteiger partial charge >= 0.3 is 30.4 Å². The monoisotopic (exact) mass is 1090 g/mol. The molecule has 0 aliphatic heterocycles. The Labute approximate surface area is 419 Å². The summed E-state index contributed by atoms with van der Waals surface area (Å²) >= 11 is 0. The predicted molar refractivity (Wildman–Crippen MR) is 268 cm³/mol. The summed E-state index contributed by atoms with van der Waals surface area (Å²) in [6.07, 6.45) is -3.14. The molecule has 0 saturated carbocycles. The molecule has 0 spiro atoms. The van der Waals surface area contributed by atoms with Crippen LogP contribution in [0, 0.1) is 0 Å². The van der Waals surface area contributed by atoms with Gasteiger partial charge in [-0.15, -0.1) is 0 Å². The van der Waals surface area contributed by atoms with Gasteiger partial charge in [0, 0.05) is 52.1 Å². The molecule has 1 aliphatic carbocycles. The van der Waals surface area contributed by atoms with Gasteiger partial charge in [-0.1, -0.05) is 48.5 Å². The van der Waals surface area contributed by atoms with Gasteiger partial charge in [-0.25, -0.2) is 0 Å². The molecular formula is C48H68O20P4. The summed E-state index contributed by atoms with van der Waals surface area (Å²) < 4.78 is 99.8. The van der Waals surface area contributed by atoms with Crippen LogP contribution < -0.4 is 18.9 Å². The Morgan fingerprint density at radius 2 is 0.486 bits per heavy atom. The molecule has 400 valence electrons. The Morgan fingerprint density at radius 1 is 0.319 bits per heavy atom. The fraction of sp³-hybridized carbons (Fsp3) is 0.500. The number of rotatable bonds is 28. The lowest BCUT2D eigenvalue weighted by Crippen LogP contribution is -2.15. The number of ether oxygens (including phenoxy) is 8. The van der Waals surface area contributed by atoms with Gasteiger partial charge < -0.3 is 77.0 Å². The Hall–Kier alpha value is -3.48. The molecule has 0 aromatic heterocycles. The fourth-order valence-corrected chi connectivity index (χ4v) is 11.3. The number of hydrogen-bond donors (Lipinski definition) is 8. The third kappa shape index (κ3) is 19.7.